The Morgan fingerprint density at radius 3 is 2.27 bits per heavy atom. The smallest absolute Gasteiger partial charge is 0.271 e. The molecule has 2 aromatic rings. The number of methoxy groups -OCH3 is 3. The van der Waals surface area contributed by atoms with E-state index in [0.717, 1.165) is 24.3 Å². The summed E-state index contributed by atoms with van der Waals surface area (Å²) in [5.41, 5.74) is 5.06. The fourth-order valence-corrected chi connectivity index (χ4v) is 2.36. The third kappa shape index (κ3) is 5.24. The van der Waals surface area contributed by atoms with E-state index < -0.39 is 0 Å². The predicted molar refractivity (Wildman–Crippen MR) is 101 cm³/mol. The lowest BCUT2D eigenvalue weighted by molar-refractivity contribution is 0.0954. The Kier molecular flexibility index (Phi) is 7.02. The fraction of sp³-hybridized carbons (Fsp3) is 0.300. The van der Waals surface area contributed by atoms with E-state index >= 15 is 0 Å². The number of rotatable bonds is 8. The van der Waals surface area contributed by atoms with Crippen molar-refractivity contribution in [2.24, 2.45) is 5.10 Å². The van der Waals surface area contributed by atoms with Crippen molar-refractivity contribution in [3.05, 3.63) is 53.6 Å². The zero-order valence-corrected chi connectivity index (χ0v) is 15.5. The second-order valence-electron chi connectivity index (χ2n) is 5.71. The normalized spacial score (nSPS) is 11.0. The highest BCUT2D eigenvalue weighted by atomic mass is 16.5. The van der Waals surface area contributed by atoms with Crippen LogP contribution in [0.1, 0.15) is 29.3 Å². The van der Waals surface area contributed by atoms with Crippen molar-refractivity contribution in [3.63, 3.8) is 0 Å². The standard InChI is InChI=1S/C20H24N2O4/c1-14(5-6-15-7-10-17(24-2)11-8-15)21-22-20(23)16-9-12-18(25-3)19(13-16)26-4/h7-13H,5-6H2,1-4H3,(H,22,23)/b21-14-. The van der Waals surface area contributed by atoms with Gasteiger partial charge in [0.05, 0.1) is 21.3 Å². The van der Waals surface area contributed by atoms with Crippen molar-refractivity contribution in [3.8, 4) is 17.2 Å². The maximum Gasteiger partial charge on any atom is 0.271 e. The molecule has 0 saturated carbocycles. The van der Waals surface area contributed by atoms with Crippen molar-refractivity contribution in [1.29, 1.82) is 0 Å². The number of hydrogen-bond donors (Lipinski definition) is 1. The molecule has 26 heavy (non-hydrogen) atoms. The number of hydrogen-bond acceptors (Lipinski definition) is 5. The van der Waals surface area contributed by atoms with E-state index in [-0.39, 0.29) is 5.91 Å². The lowest BCUT2D eigenvalue weighted by atomic mass is 10.1. The van der Waals surface area contributed by atoms with Crippen molar-refractivity contribution in [1.82, 2.24) is 5.43 Å². The van der Waals surface area contributed by atoms with Gasteiger partial charge in [-0.3, -0.25) is 4.79 Å². The Hall–Kier alpha value is -3.02. The van der Waals surface area contributed by atoms with Crippen LogP contribution < -0.4 is 19.6 Å². The molecule has 0 aliphatic rings. The highest BCUT2D eigenvalue weighted by Crippen LogP contribution is 2.27. The molecule has 0 atom stereocenters. The first kappa shape index (κ1) is 19.3. The van der Waals surface area contributed by atoms with E-state index in [0.29, 0.717) is 17.1 Å². The first-order valence-electron chi connectivity index (χ1n) is 8.25. The third-order valence-corrected chi connectivity index (χ3v) is 3.93. The van der Waals surface area contributed by atoms with Gasteiger partial charge in [-0.05, 0) is 55.7 Å². The van der Waals surface area contributed by atoms with Gasteiger partial charge in [-0.25, -0.2) is 5.43 Å². The van der Waals surface area contributed by atoms with Crippen molar-refractivity contribution < 1.29 is 19.0 Å². The zero-order chi connectivity index (χ0) is 18.9. The molecule has 0 fully saturated rings. The Morgan fingerprint density at radius 2 is 1.65 bits per heavy atom. The second kappa shape index (κ2) is 9.46. The monoisotopic (exact) mass is 356 g/mol. The highest BCUT2D eigenvalue weighted by Gasteiger charge is 2.10. The molecule has 0 heterocycles. The van der Waals surface area contributed by atoms with E-state index in [2.05, 4.69) is 10.5 Å². The number of ether oxygens (including phenoxy) is 3. The molecule has 0 aliphatic carbocycles. The molecule has 2 aromatic carbocycles. The molecule has 0 radical (unpaired) electrons. The lowest BCUT2D eigenvalue weighted by Gasteiger charge is -2.09. The average Bonchev–Trinajstić information content (AvgIpc) is 2.70. The van der Waals surface area contributed by atoms with E-state index in [4.69, 9.17) is 14.2 Å². The number of benzene rings is 2. The Labute approximate surface area is 153 Å². The number of aryl methyl sites for hydroxylation is 1. The number of nitrogens with zero attached hydrogens (tertiary/aromatic N) is 1. The summed E-state index contributed by atoms with van der Waals surface area (Å²) in [7, 11) is 4.72. The maximum absolute atomic E-state index is 12.2. The minimum absolute atomic E-state index is 0.297. The molecular formula is C20H24N2O4. The molecule has 1 amide bonds. The topological polar surface area (TPSA) is 69.2 Å². The van der Waals surface area contributed by atoms with Gasteiger partial charge in [0.1, 0.15) is 5.75 Å². The van der Waals surface area contributed by atoms with Crippen LogP contribution in [-0.4, -0.2) is 32.9 Å². The van der Waals surface area contributed by atoms with Gasteiger partial charge < -0.3 is 14.2 Å². The molecule has 2 rings (SSSR count). The van der Waals surface area contributed by atoms with Gasteiger partial charge in [-0.1, -0.05) is 12.1 Å². The molecular weight excluding hydrogens is 332 g/mol. The van der Waals surface area contributed by atoms with E-state index in [1.54, 1.807) is 32.4 Å². The van der Waals surface area contributed by atoms with Crippen molar-refractivity contribution >= 4 is 11.6 Å². The quantitative estimate of drug-likeness (QED) is 0.581. The van der Waals surface area contributed by atoms with Crippen LogP contribution >= 0.6 is 0 Å². The number of hydrazone groups is 1. The predicted octanol–water partition coefficient (Wildman–Crippen LogP) is 3.45. The number of carbonyl (C=O) groups excluding carboxylic acids is 1. The van der Waals surface area contributed by atoms with Gasteiger partial charge in [0, 0.05) is 11.3 Å². The average molecular weight is 356 g/mol. The first-order valence-corrected chi connectivity index (χ1v) is 8.25. The molecule has 0 aliphatic heterocycles. The fourth-order valence-electron chi connectivity index (χ4n) is 2.36. The molecule has 6 nitrogen and oxygen atoms in total. The first-order chi connectivity index (χ1) is 12.6. The highest BCUT2D eigenvalue weighted by molar-refractivity contribution is 5.95. The molecule has 138 valence electrons. The number of carbonyl (C=O) groups is 1. The summed E-state index contributed by atoms with van der Waals surface area (Å²) in [5.74, 6) is 1.61. The van der Waals surface area contributed by atoms with Crippen LogP contribution in [0, 0.1) is 0 Å². The summed E-state index contributed by atoms with van der Waals surface area (Å²) in [6.07, 6.45) is 1.59. The SMILES string of the molecule is COc1ccc(CC/C(C)=N\NC(=O)c2ccc(OC)c(OC)c2)cc1. The lowest BCUT2D eigenvalue weighted by Crippen LogP contribution is -2.19. The molecule has 0 spiro atoms. The van der Waals surface area contributed by atoms with Gasteiger partial charge in [-0.2, -0.15) is 5.10 Å². The minimum atomic E-state index is -0.297. The van der Waals surface area contributed by atoms with Crippen molar-refractivity contribution in [2.45, 2.75) is 19.8 Å². The maximum atomic E-state index is 12.2. The van der Waals surface area contributed by atoms with Gasteiger partial charge >= 0.3 is 0 Å². The van der Waals surface area contributed by atoms with Gasteiger partial charge in [-0.15, -0.1) is 0 Å². The zero-order valence-electron chi connectivity index (χ0n) is 15.5. The van der Waals surface area contributed by atoms with Gasteiger partial charge in [0.15, 0.2) is 11.5 Å². The molecule has 6 heteroatoms. The molecule has 0 bridgehead atoms. The Balaban J connectivity index is 1.91. The van der Waals surface area contributed by atoms with Crippen LogP contribution in [0.2, 0.25) is 0 Å². The Morgan fingerprint density at radius 1 is 0.962 bits per heavy atom. The van der Waals surface area contributed by atoms with Gasteiger partial charge in [0.25, 0.3) is 5.91 Å². The largest absolute Gasteiger partial charge is 0.497 e. The summed E-state index contributed by atoms with van der Waals surface area (Å²) >= 11 is 0. The number of amides is 1. The van der Waals surface area contributed by atoms with Crippen LogP contribution in [0.15, 0.2) is 47.6 Å². The summed E-state index contributed by atoms with van der Waals surface area (Å²) in [6.45, 7) is 1.89. The summed E-state index contributed by atoms with van der Waals surface area (Å²) in [6, 6.07) is 12.9. The van der Waals surface area contributed by atoms with E-state index in [1.165, 1.54) is 12.7 Å². The minimum Gasteiger partial charge on any atom is -0.497 e. The van der Waals surface area contributed by atoms with Crippen molar-refractivity contribution in [2.75, 3.05) is 21.3 Å². The molecule has 0 aromatic heterocycles. The second-order valence-corrected chi connectivity index (χ2v) is 5.71. The summed E-state index contributed by atoms with van der Waals surface area (Å²) in [5, 5.41) is 4.17. The molecule has 0 saturated heterocycles. The van der Waals surface area contributed by atoms with E-state index in [1.807, 2.05) is 31.2 Å². The van der Waals surface area contributed by atoms with Crippen LogP contribution in [0.5, 0.6) is 17.2 Å². The van der Waals surface area contributed by atoms with Crippen LogP contribution in [0.3, 0.4) is 0 Å². The third-order valence-electron chi connectivity index (χ3n) is 3.93. The molecule has 1 N–H and O–H groups in total. The van der Waals surface area contributed by atoms with Gasteiger partial charge in [0.2, 0.25) is 0 Å². The number of nitrogens with one attached hydrogen (secondary N) is 1. The van der Waals surface area contributed by atoms with Crippen LogP contribution in [0.4, 0.5) is 0 Å². The van der Waals surface area contributed by atoms with Crippen LogP contribution in [-0.2, 0) is 6.42 Å². The summed E-state index contributed by atoms with van der Waals surface area (Å²) in [4.78, 5) is 12.2. The Bertz CT molecular complexity index is 770. The van der Waals surface area contributed by atoms with Crippen LogP contribution in [0.25, 0.3) is 0 Å². The summed E-state index contributed by atoms with van der Waals surface area (Å²) < 4.78 is 15.5. The van der Waals surface area contributed by atoms with E-state index in [9.17, 15) is 4.79 Å². The molecule has 0 unspecified atom stereocenters.